The van der Waals surface area contributed by atoms with E-state index in [-0.39, 0.29) is 10.5 Å². The van der Waals surface area contributed by atoms with E-state index < -0.39 is 12.6 Å². The Labute approximate surface area is 115 Å². The fraction of sp³-hybridized carbons (Fsp3) is 0.769. The third-order valence-electron chi connectivity index (χ3n) is 2.87. The van der Waals surface area contributed by atoms with Crippen molar-refractivity contribution >= 4 is 11.3 Å². The van der Waals surface area contributed by atoms with E-state index in [0.717, 1.165) is 23.4 Å². The second-order valence-corrected chi connectivity index (χ2v) is 7.25. The summed E-state index contributed by atoms with van der Waals surface area (Å²) < 4.78 is 37.3. The number of hydrogen-bond acceptors (Lipinski definition) is 3. The predicted molar refractivity (Wildman–Crippen MR) is 70.4 cm³/mol. The van der Waals surface area contributed by atoms with Gasteiger partial charge >= 0.3 is 6.18 Å². The van der Waals surface area contributed by atoms with E-state index in [1.165, 1.54) is 11.3 Å². The minimum absolute atomic E-state index is 0.0466. The maximum absolute atomic E-state index is 12.4. The van der Waals surface area contributed by atoms with Crippen LogP contribution in [0.2, 0.25) is 0 Å². The van der Waals surface area contributed by atoms with Crippen molar-refractivity contribution in [1.29, 1.82) is 0 Å². The molecular formula is C13H19F3N2S. The predicted octanol–water partition coefficient (Wildman–Crippen LogP) is 4.01. The van der Waals surface area contributed by atoms with Crippen LogP contribution < -0.4 is 5.32 Å². The lowest BCUT2D eigenvalue weighted by molar-refractivity contribution is -0.127. The number of rotatable bonds is 4. The van der Waals surface area contributed by atoms with Crippen molar-refractivity contribution in [3.8, 4) is 0 Å². The molecule has 2 nitrogen and oxygen atoms in total. The van der Waals surface area contributed by atoms with Crippen LogP contribution in [0.25, 0.3) is 0 Å². The molecule has 0 atom stereocenters. The van der Waals surface area contributed by atoms with Gasteiger partial charge in [0.25, 0.3) is 0 Å². The first kappa shape index (κ1) is 14.8. The first-order chi connectivity index (χ1) is 8.64. The van der Waals surface area contributed by atoms with E-state index >= 15 is 0 Å². The number of thiazole rings is 1. The third kappa shape index (κ3) is 4.76. The Bertz CT molecular complexity index is 442. The van der Waals surface area contributed by atoms with Gasteiger partial charge in [0.2, 0.25) is 0 Å². The average molecular weight is 292 g/mol. The summed E-state index contributed by atoms with van der Waals surface area (Å²) in [6.45, 7) is 6.73. The lowest BCUT2D eigenvalue weighted by Gasteiger charge is -2.20. The SMILES string of the molecule is CC(C)(C)NCc1sc(CC(F)(F)F)nc1C1CC1. The van der Waals surface area contributed by atoms with Gasteiger partial charge < -0.3 is 5.32 Å². The fourth-order valence-corrected chi connectivity index (χ4v) is 2.93. The van der Waals surface area contributed by atoms with Crippen LogP contribution in [0.4, 0.5) is 13.2 Å². The van der Waals surface area contributed by atoms with Crippen LogP contribution in [0.3, 0.4) is 0 Å². The van der Waals surface area contributed by atoms with Crippen LogP contribution >= 0.6 is 11.3 Å². The summed E-state index contributed by atoms with van der Waals surface area (Å²) in [5.74, 6) is 0.384. The molecule has 0 aromatic carbocycles. The monoisotopic (exact) mass is 292 g/mol. The van der Waals surface area contributed by atoms with Crippen LogP contribution in [0, 0.1) is 0 Å². The van der Waals surface area contributed by atoms with Crippen LogP contribution in [0.5, 0.6) is 0 Å². The zero-order valence-electron chi connectivity index (χ0n) is 11.4. The van der Waals surface area contributed by atoms with Crippen LogP contribution in [0.15, 0.2) is 0 Å². The highest BCUT2D eigenvalue weighted by atomic mass is 32.1. The summed E-state index contributed by atoms with van der Waals surface area (Å²) in [4.78, 5) is 5.19. The second-order valence-electron chi connectivity index (χ2n) is 6.09. The molecule has 1 aliphatic rings. The highest BCUT2D eigenvalue weighted by molar-refractivity contribution is 7.11. The van der Waals surface area contributed by atoms with Crippen molar-refractivity contribution in [1.82, 2.24) is 10.3 Å². The molecule has 1 N–H and O–H groups in total. The Morgan fingerprint density at radius 1 is 1.26 bits per heavy atom. The third-order valence-corrected chi connectivity index (χ3v) is 3.94. The Kier molecular flexibility index (Phi) is 3.93. The van der Waals surface area contributed by atoms with Gasteiger partial charge in [0, 0.05) is 22.9 Å². The Balaban J connectivity index is 2.12. The van der Waals surface area contributed by atoms with Crippen LogP contribution in [-0.2, 0) is 13.0 Å². The Morgan fingerprint density at radius 2 is 1.89 bits per heavy atom. The second kappa shape index (κ2) is 5.05. The largest absolute Gasteiger partial charge is 0.395 e. The molecule has 6 heteroatoms. The molecule has 2 rings (SSSR count). The molecule has 1 aromatic heterocycles. The summed E-state index contributed by atoms with van der Waals surface area (Å²) in [5.41, 5.74) is 0.843. The summed E-state index contributed by atoms with van der Waals surface area (Å²) in [7, 11) is 0. The number of nitrogens with zero attached hydrogens (tertiary/aromatic N) is 1. The number of alkyl halides is 3. The van der Waals surface area contributed by atoms with Gasteiger partial charge in [-0.25, -0.2) is 4.98 Å². The summed E-state index contributed by atoms with van der Waals surface area (Å²) >= 11 is 1.20. The van der Waals surface area contributed by atoms with Crippen LogP contribution in [-0.4, -0.2) is 16.7 Å². The lowest BCUT2D eigenvalue weighted by atomic mass is 10.1. The Morgan fingerprint density at radius 3 is 2.37 bits per heavy atom. The minimum Gasteiger partial charge on any atom is -0.307 e. The molecule has 0 bridgehead atoms. The molecule has 0 radical (unpaired) electrons. The van der Waals surface area contributed by atoms with E-state index in [0.29, 0.717) is 12.5 Å². The molecule has 0 saturated heterocycles. The number of nitrogens with one attached hydrogen (secondary N) is 1. The Hall–Kier alpha value is -0.620. The van der Waals surface area contributed by atoms with Gasteiger partial charge in [0.1, 0.15) is 5.01 Å². The van der Waals surface area contributed by atoms with E-state index in [2.05, 4.69) is 10.3 Å². The summed E-state index contributed by atoms with van der Waals surface area (Å²) in [6, 6.07) is 0. The first-order valence-corrected chi connectivity index (χ1v) is 7.26. The maximum atomic E-state index is 12.4. The maximum Gasteiger partial charge on any atom is 0.395 e. The average Bonchev–Trinajstić information content (AvgIpc) is 2.96. The molecule has 19 heavy (non-hydrogen) atoms. The van der Waals surface area contributed by atoms with Gasteiger partial charge in [-0.3, -0.25) is 0 Å². The quantitative estimate of drug-likeness (QED) is 0.907. The standard InChI is InChI=1S/C13H19F3N2S/c1-12(2,3)17-7-9-11(8-4-5-8)18-10(19-9)6-13(14,15)16/h8,17H,4-7H2,1-3H3. The smallest absolute Gasteiger partial charge is 0.307 e. The van der Waals surface area contributed by atoms with Crippen molar-refractivity contribution < 1.29 is 13.2 Å². The molecule has 1 aliphatic carbocycles. The topological polar surface area (TPSA) is 24.9 Å². The molecule has 0 aliphatic heterocycles. The van der Waals surface area contributed by atoms with Gasteiger partial charge in [-0.2, -0.15) is 13.2 Å². The van der Waals surface area contributed by atoms with Crippen molar-refractivity contribution in [3.05, 3.63) is 15.6 Å². The fourth-order valence-electron chi connectivity index (χ4n) is 1.81. The van der Waals surface area contributed by atoms with Gasteiger partial charge in [0.05, 0.1) is 12.1 Å². The van der Waals surface area contributed by atoms with Gasteiger partial charge in [-0.1, -0.05) is 0 Å². The van der Waals surface area contributed by atoms with E-state index in [9.17, 15) is 13.2 Å². The number of hydrogen-bond donors (Lipinski definition) is 1. The summed E-state index contributed by atoms with van der Waals surface area (Å²) in [6.07, 6.45) is -2.98. The molecular weight excluding hydrogens is 273 g/mol. The number of aromatic nitrogens is 1. The minimum atomic E-state index is -4.17. The zero-order valence-corrected chi connectivity index (χ0v) is 12.2. The van der Waals surface area contributed by atoms with Crippen molar-refractivity contribution in [2.24, 2.45) is 0 Å². The lowest BCUT2D eigenvalue weighted by Crippen LogP contribution is -2.35. The van der Waals surface area contributed by atoms with Crippen molar-refractivity contribution in [3.63, 3.8) is 0 Å². The van der Waals surface area contributed by atoms with Gasteiger partial charge in [-0.05, 0) is 33.6 Å². The highest BCUT2D eigenvalue weighted by Gasteiger charge is 2.34. The van der Waals surface area contributed by atoms with Crippen molar-refractivity contribution in [2.75, 3.05) is 0 Å². The van der Waals surface area contributed by atoms with Gasteiger partial charge in [-0.15, -0.1) is 11.3 Å². The molecule has 0 unspecified atom stereocenters. The normalized spacial score (nSPS) is 16.9. The molecule has 0 spiro atoms. The summed E-state index contributed by atoms with van der Waals surface area (Å²) in [5, 5.41) is 3.52. The molecule has 1 saturated carbocycles. The van der Waals surface area contributed by atoms with E-state index in [1.54, 1.807) is 0 Å². The molecule has 108 valence electrons. The molecule has 0 amide bonds. The number of halogens is 3. The van der Waals surface area contributed by atoms with Crippen molar-refractivity contribution in [2.45, 2.75) is 64.2 Å². The highest BCUT2D eigenvalue weighted by Crippen LogP contribution is 2.43. The van der Waals surface area contributed by atoms with Gasteiger partial charge in [0.15, 0.2) is 0 Å². The first-order valence-electron chi connectivity index (χ1n) is 6.44. The molecule has 1 heterocycles. The van der Waals surface area contributed by atoms with E-state index in [4.69, 9.17) is 0 Å². The molecule has 1 aromatic rings. The zero-order chi connectivity index (χ0) is 14.3. The van der Waals surface area contributed by atoms with Crippen LogP contribution in [0.1, 0.15) is 55.1 Å². The van der Waals surface area contributed by atoms with E-state index in [1.807, 2.05) is 20.8 Å². The molecule has 1 fully saturated rings.